The average Bonchev–Trinajstić information content (AvgIpc) is 2.50. The van der Waals surface area contributed by atoms with Crippen molar-refractivity contribution in [2.45, 2.75) is 30.8 Å². The molecule has 1 N–H and O–H groups in total. The Morgan fingerprint density at radius 3 is 2.71 bits per heavy atom. The molecule has 1 aromatic rings. The first-order valence-corrected chi connectivity index (χ1v) is 7.44. The maximum atomic E-state index is 12.3. The fraction of sp³-hybridized carbons (Fsp3) is 0.455. The molecule has 17 heavy (non-hydrogen) atoms. The number of nitrogens with zero attached hydrogens (tertiary/aromatic N) is 1. The number of rotatable bonds is 2. The number of aliphatic hydroxyl groups excluding tert-OH is 1. The molecule has 0 bridgehead atoms. The minimum atomic E-state index is -3.48. The maximum Gasteiger partial charge on any atom is 0.244 e. The third kappa shape index (κ3) is 2.03. The molecule has 0 spiro atoms. The molecular weight excluding hydrogens is 306 g/mol. The van der Waals surface area contributed by atoms with E-state index in [4.69, 9.17) is 0 Å². The van der Waals surface area contributed by atoms with Crippen LogP contribution in [-0.2, 0) is 16.6 Å². The van der Waals surface area contributed by atoms with Gasteiger partial charge in [0.1, 0.15) is 0 Å². The molecule has 1 aliphatic rings. The monoisotopic (exact) mass is 319 g/mol. The van der Waals surface area contributed by atoms with Crippen LogP contribution >= 0.6 is 15.9 Å². The normalized spacial score (nSPS) is 19.3. The van der Waals surface area contributed by atoms with Gasteiger partial charge in [-0.2, -0.15) is 4.31 Å². The van der Waals surface area contributed by atoms with Crippen LogP contribution in [0.25, 0.3) is 0 Å². The molecule has 0 aliphatic carbocycles. The summed E-state index contributed by atoms with van der Waals surface area (Å²) in [6.07, 6.45) is 0. The van der Waals surface area contributed by atoms with Gasteiger partial charge in [0.25, 0.3) is 0 Å². The topological polar surface area (TPSA) is 57.6 Å². The molecule has 1 heterocycles. The van der Waals surface area contributed by atoms with Crippen molar-refractivity contribution in [3.63, 3.8) is 0 Å². The summed E-state index contributed by atoms with van der Waals surface area (Å²) in [5, 5.41) is 9.30. The minimum Gasteiger partial charge on any atom is -0.394 e. The zero-order valence-corrected chi connectivity index (χ0v) is 12.0. The van der Waals surface area contributed by atoms with Crippen molar-refractivity contribution in [1.82, 2.24) is 4.31 Å². The van der Waals surface area contributed by atoms with E-state index in [0.717, 1.165) is 10.0 Å². The van der Waals surface area contributed by atoms with Crippen LogP contribution in [-0.4, -0.2) is 30.0 Å². The average molecular weight is 320 g/mol. The molecule has 1 aromatic carbocycles. The van der Waals surface area contributed by atoms with Crippen LogP contribution in [0.15, 0.2) is 27.6 Å². The Bertz CT molecular complexity index is 554. The van der Waals surface area contributed by atoms with Crippen molar-refractivity contribution in [2.75, 3.05) is 6.61 Å². The Kier molecular flexibility index (Phi) is 3.10. The first kappa shape index (κ1) is 13.0. The third-order valence-corrected chi connectivity index (χ3v) is 5.62. The van der Waals surface area contributed by atoms with Crippen LogP contribution in [0.1, 0.15) is 19.4 Å². The number of sulfonamides is 1. The van der Waals surface area contributed by atoms with Crippen molar-refractivity contribution in [2.24, 2.45) is 0 Å². The van der Waals surface area contributed by atoms with Crippen molar-refractivity contribution in [3.05, 3.63) is 28.2 Å². The van der Waals surface area contributed by atoms with E-state index in [0.29, 0.717) is 11.4 Å². The summed E-state index contributed by atoms with van der Waals surface area (Å²) in [7, 11) is -3.48. The highest BCUT2D eigenvalue weighted by molar-refractivity contribution is 9.10. The van der Waals surface area contributed by atoms with Gasteiger partial charge in [0.2, 0.25) is 10.0 Å². The smallest absolute Gasteiger partial charge is 0.244 e. The van der Waals surface area contributed by atoms with Crippen LogP contribution in [0.2, 0.25) is 0 Å². The van der Waals surface area contributed by atoms with Gasteiger partial charge in [-0.3, -0.25) is 0 Å². The first-order valence-electron chi connectivity index (χ1n) is 5.21. The Morgan fingerprint density at radius 2 is 2.12 bits per heavy atom. The van der Waals surface area contributed by atoms with E-state index in [1.165, 1.54) is 4.31 Å². The molecule has 4 nitrogen and oxygen atoms in total. The highest BCUT2D eigenvalue weighted by atomic mass is 79.9. The Hall–Kier alpha value is -0.430. The lowest BCUT2D eigenvalue weighted by molar-refractivity contribution is 0.121. The molecule has 0 atom stereocenters. The molecule has 0 saturated heterocycles. The second-order valence-corrected chi connectivity index (χ2v) is 7.48. The van der Waals surface area contributed by atoms with E-state index in [-0.39, 0.29) is 6.61 Å². The van der Waals surface area contributed by atoms with E-state index in [1.807, 2.05) is 0 Å². The molecular formula is C11H14BrNO3S. The Morgan fingerprint density at radius 1 is 1.47 bits per heavy atom. The fourth-order valence-electron chi connectivity index (χ4n) is 1.90. The lowest BCUT2D eigenvalue weighted by atomic mass is 10.1. The lowest BCUT2D eigenvalue weighted by Crippen LogP contribution is -2.46. The quantitative estimate of drug-likeness (QED) is 0.903. The summed E-state index contributed by atoms with van der Waals surface area (Å²) >= 11 is 3.33. The Balaban J connectivity index is 2.54. The number of hydrogen-bond donors (Lipinski definition) is 1. The second-order valence-electron chi connectivity index (χ2n) is 4.73. The highest BCUT2D eigenvalue weighted by Crippen LogP contribution is 2.36. The molecule has 0 aromatic heterocycles. The van der Waals surface area contributed by atoms with Crippen LogP contribution in [0.4, 0.5) is 0 Å². The van der Waals surface area contributed by atoms with Crippen LogP contribution in [0, 0.1) is 0 Å². The molecule has 94 valence electrons. The lowest BCUT2D eigenvalue weighted by Gasteiger charge is -2.31. The van der Waals surface area contributed by atoms with Gasteiger partial charge in [0.05, 0.1) is 17.0 Å². The molecule has 0 amide bonds. The van der Waals surface area contributed by atoms with Crippen LogP contribution in [0.5, 0.6) is 0 Å². The predicted octanol–water partition coefficient (Wildman–Crippen LogP) is 1.72. The zero-order valence-electron chi connectivity index (χ0n) is 9.64. The van der Waals surface area contributed by atoms with Crippen molar-refractivity contribution in [3.8, 4) is 0 Å². The predicted molar refractivity (Wildman–Crippen MR) is 68.0 cm³/mol. The zero-order chi connectivity index (χ0) is 12.8. The molecule has 6 heteroatoms. The van der Waals surface area contributed by atoms with E-state index in [2.05, 4.69) is 15.9 Å². The van der Waals surface area contributed by atoms with Gasteiger partial charge in [0, 0.05) is 11.0 Å². The highest BCUT2D eigenvalue weighted by Gasteiger charge is 2.42. The SMILES string of the molecule is CC(C)(CO)N1Cc2cc(Br)ccc2S1(=O)=O. The summed E-state index contributed by atoms with van der Waals surface area (Å²) in [5.74, 6) is 0. The molecule has 2 rings (SSSR count). The Labute approximate surface area is 109 Å². The van der Waals surface area contributed by atoms with E-state index >= 15 is 0 Å². The molecule has 0 unspecified atom stereocenters. The summed E-state index contributed by atoms with van der Waals surface area (Å²) in [6.45, 7) is 3.53. The van der Waals surface area contributed by atoms with E-state index in [9.17, 15) is 13.5 Å². The summed E-state index contributed by atoms with van der Waals surface area (Å²) in [4.78, 5) is 0.335. The molecule has 0 saturated carbocycles. The number of benzene rings is 1. The molecule has 0 fully saturated rings. The number of aliphatic hydroxyl groups is 1. The standard InChI is InChI=1S/C11H14BrNO3S/c1-11(2,7-14)13-6-8-5-9(12)3-4-10(8)17(13,15)16/h3-5,14H,6-7H2,1-2H3. The van der Waals surface area contributed by atoms with Crippen molar-refractivity contribution < 1.29 is 13.5 Å². The van der Waals surface area contributed by atoms with E-state index in [1.54, 1.807) is 32.0 Å². The molecule has 0 radical (unpaired) electrons. The minimum absolute atomic E-state index is 0.207. The summed E-state index contributed by atoms with van der Waals surface area (Å²) < 4.78 is 26.8. The fourth-order valence-corrected chi connectivity index (χ4v) is 4.26. The first-order chi connectivity index (χ1) is 7.79. The van der Waals surface area contributed by atoms with Crippen LogP contribution < -0.4 is 0 Å². The van der Waals surface area contributed by atoms with Gasteiger partial charge >= 0.3 is 0 Å². The second kappa shape index (κ2) is 4.05. The maximum absolute atomic E-state index is 12.3. The largest absolute Gasteiger partial charge is 0.394 e. The van der Waals surface area contributed by atoms with E-state index < -0.39 is 15.6 Å². The summed E-state index contributed by atoms with van der Waals surface area (Å²) in [5.41, 5.74) is -0.0226. The van der Waals surface area contributed by atoms with Gasteiger partial charge in [0.15, 0.2) is 0 Å². The van der Waals surface area contributed by atoms with Crippen molar-refractivity contribution >= 4 is 26.0 Å². The van der Waals surface area contributed by atoms with Gasteiger partial charge in [-0.05, 0) is 37.6 Å². The van der Waals surface area contributed by atoms with Gasteiger partial charge in [-0.1, -0.05) is 15.9 Å². The van der Waals surface area contributed by atoms with Crippen molar-refractivity contribution in [1.29, 1.82) is 0 Å². The van der Waals surface area contributed by atoms with Gasteiger partial charge in [-0.15, -0.1) is 0 Å². The van der Waals surface area contributed by atoms with Crippen LogP contribution in [0.3, 0.4) is 0 Å². The molecule has 1 aliphatic heterocycles. The number of fused-ring (bicyclic) bond motifs is 1. The van der Waals surface area contributed by atoms with Gasteiger partial charge in [-0.25, -0.2) is 8.42 Å². The summed E-state index contributed by atoms with van der Waals surface area (Å²) in [6, 6.07) is 5.12. The van der Waals surface area contributed by atoms with Gasteiger partial charge < -0.3 is 5.11 Å². The number of hydrogen-bond acceptors (Lipinski definition) is 3. The third-order valence-electron chi connectivity index (χ3n) is 2.97. The number of halogens is 1.